The van der Waals surface area contributed by atoms with Gasteiger partial charge in [-0.25, -0.2) is 0 Å². The van der Waals surface area contributed by atoms with Crippen molar-refractivity contribution < 1.29 is 4.74 Å². The lowest BCUT2D eigenvalue weighted by atomic mass is 10.2. The average molecular weight is 319 g/mol. The SMILES string of the molecule is C=CC=C=CC1=C(C)[S+](c2ccc(C)cc2)c2ccccc2O1. The van der Waals surface area contributed by atoms with E-state index in [0.29, 0.717) is 0 Å². The fourth-order valence-electron chi connectivity index (χ4n) is 2.46. The summed E-state index contributed by atoms with van der Waals surface area (Å²) in [5.41, 5.74) is 4.37. The molecule has 1 heterocycles. The molecule has 0 spiro atoms. The molecule has 0 radical (unpaired) electrons. The molecule has 1 unspecified atom stereocenters. The van der Waals surface area contributed by atoms with Crippen molar-refractivity contribution in [3.8, 4) is 5.75 Å². The van der Waals surface area contributed by atoms with Crippen LogP contribution in [0, 0.1) is 6.92 Å². The Hall–Kier alpha value is -2.41. The van der Waals surface area contributed by atoms with Crippen LogP contribution in [0.4, 0.5) is 0 Å². The van der Waals surface area contributed by atoms with Gasteiger partial charge in [-0.05, 0) is 37.3 Å². The number of aryl methyl sites for hydroxylation is 1. The number of hydrogen-bond acceptors (Lipinski definition) is 1. The minimum absolute atomic E-state index is 0.128. The van der Waals surface area contributed by atoms with E-state index in [1.54, 1.807) is 12.2 Å². The van der Waals surface area contributed by atoms with Gasteiger partial charge in [0.2, 0.25) is 4.90 Å². The highest BCUT2D eigenvalue weighted by Crippen LogP contribution is 2.41. The van der Waals surface area contributed by atoms with Crippen LogP contribution in [0.3, 0.4) is 0 Å². The molecule has 3 rings (SSSR count). The second-order valence-electron chi connectivity index (χ2n) is 5.30. The highest BCUT2D eigenvalue weighted by atomic mass is 32.2. The Morgan fingerprint density at radius 2 is 1.78 bits per heavy atom. The van der Waals surface area contributed by atoms with E-state index in [1.807, 2.05) is 18.2 Å². The second kappa shape index (κ2) is 6.78. The zero-order valence-electron chi connectivity index (χ0n) is 13.4. The van der Waals surface area contributed by atoms with Gasteiger partial charge in [0.1, 0.15) is 10.9 Å². The van der Waals surface area contributed by atoms with Crippen LogP contribution in [-0.2, 0) is 10.9 Å². The van der Waals surface area contributed by atoms with Gasteiger partial charge in [-0.2, -0.15) is 0 Å². The number of hydrogen-bond donors (Lipinski definition) is 0. The lowest BCUT2D eigenvalue weighted by Crippen LogP contribution is -2.15. The Morgan fingerprint density at radius 3 is 2.52 bits per heavy atom. The fraction of sp³-hybridized carbons (Fsp3) is 0.0952. The monoisotopic (exact) mass is 319 g/mol. The largest absolute Gasteiger partial charge is 0.446 e. The van der Waals surface area contributed by atoms with Gasteiger partial charge in [0, 0.05) is 13.0 Å². The predicted molar refractivity (Wildman–Crippen MR) is 97.7 cm³/mol. The van der Waals surface area contributed by atoms with Crippen molar-refractivity contribution in [3.63, 3.8) is 0 Å². The third-order valence-electron chi connectivity index (χ3n) is 3.63. The van der Waals surface area contributed by atoms with Crippen molar-refractivity contribution in [1.82, 2.24) is 0 Å². The van der Waals surface area contributed by atoms with Gasteiger partial charge in [0.15, 0.2) is 21.3 Å². The minimum atomic E-state index is -0.128. The Labute approximate surface area is 140 Å². The van der Waals surface area contributed by atoms with Gasteiger partial charge in [-0.15, -0.1) is 5.73 Å². The number of fused-ring (bicyclic) bond motifs is 1. The molecule has 1 nitrogen and oxygen atoms in total. The van der Waals surface area contributed by atoms with E-state index in [1.165, 1.54) is 20.3 Å². The molecular weight excluding hydrogens is 300 g/mol. The van der Waals surface area contributed by atoms with Crippen molar-refractivity contribution in [2.45, 2.75) is 23.6 Å². The summed E-state index contributed by atoms with van der Waals surface area (Å²) in [7, 11) is -0.128. The number of benzene rings is 2. The summed E-state index contributed by atoms with van der Waals surface area (Å²) in [4.78, 5) is 3.76. The number of ether oxygens (including phenoxy) is 1. The van der Waals surface area contributed by atoms with Crippen molar-refractivity contribution >= 4 is 10.9 Å². The first kappa shape index (κ1) is 15.5. The molecule has 1 atom stereocenters. The van der Waals surface area contributed by atoms with Gasteiger partial charge < -0.3 is 4.74 Å². The maximum Gasteiger partial charge on any atom is 0.208 e. The molecule has 2 aromatic carbocycles. The molecule has 0 saturated carbocycles. The molecule has 2 aromatic rings. The highest BCUT2D eigenvalue weighted by molar-refractivity contribution is 8.00. The van der Waals surface area contributed by atoms with E-state index in [-0.39, 0.29) is 10.9 Å². The topological polar surface area (TPSA) is 9.23 Å². The molecule has 0 fully saturated rings. The maximum atomic E-state index is 6.08. The van der Waals surface area contributed by atoms with Crippen LogP contribution in [-0.4, -0.2) is 0 Å². The van der Waals surface area contributed by atoms with Gasteiger partial charge >= 0.3 is 0 Å². The molecule has 0 amide bonds. The summed E-state index contributed by atoms with van der Waals surface area (Å²) in [5, 5.41) is 0. The molecule has 114 valence electrons. The van der Waals surface area contributed by atoms with E-state index in [9.17, 15) is 0 Å². The molecule has 0 bridgehead atoms. The Morgan fingerprint density at radius 1 is 1.04 bits per heavy atom. The van der Waals surface area contributed by atoms with E-state index in [4.69, 9.17) is 4.74 Å². The standard InChI is InChI=1S/C21H19OS/c1-4-5-6-9-19-17(3)23(18-14-12-16(2)13-15-18)21-11-8-7-10-20(21)22-19/h4-5,7-15H,1H2,2-3H3/q+1. The van der Waals surface area contributed by atoms with E-state index >= 15 is 0 Å². The molecule has 0 aromatic heterocycles. The molecule has 0 N–H and O–H groups in total. The summed E-state index contributed by atoms with van der Waals surface area (Å²) in [5.74, 6) is 1.79. The third-order valence-corrected chi connectivity index (χ3v) is 5.96. The smallest absolute Gasteiger partial charge is 0.208 e. The minimum Gasteiger partial charge on any atom is -0.446 e. The molecular formula is C21H19OS+. The molecule has 2 heteroatoms. The van der Waals surface area contributed by atoms with Crippen LogP contribution in [0.1, 0.15) is 12.5 Å². The first-order chi connectivity index (χ1) is 11.2. The van der Waals surface area contributed by atoms with Gasteiger partial charge in [0.05, 0.1) is 0 Å². The van der Waals surface area contributed by atoms with Gasteiger partial charge in [-0.3, -0.25) is 0 Å². The summed E-state index contributed by atoms with van der Waals surface area (Å²) in [6, 6.07) is 17.0. The highest BCUT2D eigenvalue weighted by Gasteiger charge is 2.38. The average Bonchev–Trinajstić information content (AvgIpc) is 2.57. The molecule has 1 aliphatic rings. The zero-order chi connectivity index (χ0) is 16.2. The Bertz CT molecular complexity index is 821. The third kappa shape index (κ3) is 3.19. The van der Waals surface area contributed by atoms with E-state index in [0.717, 1.165) is 11.5 Å². The summed E-state index contributed by atoms with van der Waals surface area (Å²) < 4.78 is 6.08. The van der Waals surface area contributed by atoms with Crippen molar-refractivity contribution in [3.05, 3.63) is 95.3 Å². The maximum absolute atomic E-state index is 6.08. The Balaban J connectivity index is 2.14. The van der Waals surface area contributed by atoms with Crippen LogP contribution in [0.25, 0.3) is 0 Å². The molecule has 0 saturated heterocycles. The summed E-state index contributed by atoms with van der Waals surface area (Å²) in [6.07, 6.45) is 5.39. The van der Waals surface area contributed by atoms with Crippen molar-refractivity contribution in [2.75, 3.05) is 0 Å². The Kier molecular flexibility index (Phi) is 4.57. The number of para-hydroxylation sites is 1. The first-order valence-electron chi connectivity index (χ1n) is 7.53. The molecule has 23 heavy (non-hydrogen) atoms. The lowest BCUT2D eigenvalue weighted by Gasteiger charge is -2.19. The van der Waals surface area contributed by atoms with Gasteiger partial charge in [0.25, 0.3) is 0 Å². The fourth-order valence-corrected chi connectivity index (χ4v) is 4.63. The van der Waals surface area contributed by atoms with Crippen LogP contribution >= 0.6 is 0 Å². The van der Waals surface area contributed by atoms with Crippen molar-refractivity contribution in [2.24, 2.45) is 0 Å². The zero-order valence-corrected chi connectivity index (χ0v) is 14.2. The predicted octanol–water partition coefficient (Wildman–Crippen LogP) is 5.55. The van der Waals surface area contributed by atoms with Gasteiger partial charge in [-0.1, -0.05) is 42.5 Å². The normalized spacial score (nSPS) is 16.0. The summed E-state index contributed by atoms with van der Waals surface area (Å²) in [6.45, 7) is 7.93. The van der Waals surface area contributed by atoms with E-state index in [2.05, 4.69) is 62.6 Å². The quantitative estimate of drug-likeness (QED) is 0.409. The second-order valence-corrected chi connectivity index (χ2v) is 7.44. The van der Waals surface area contributed by atoms with Crippen LogP contribution in [0.5, 0.6) is 5.75 Å². The molecule has 1 aliphatic heterocycles. The van der Waals surface area contributed by atoms with Crippen molar-refractivity contribution in [1.29, 1.82) is 0 Å². The lowest BCUT2D eigenvalue weighted by molar-refractivity contribution is 0.427. The van der Waals surface area contributed by atoms with E-state index < -0.39 is 0 Å². The van der Waals surface area contributed by atoms with Crippen LogP contribution in [0.15, 0.2) is 99.5 Å². The summed E-state index contributed by atoms with van der Waals surface area (Å²) >= 11 is 0. The number of rotatable bonds is 3. The number of allylic oxidation sites excluding steroid dienone is 3. The van der Waals surface area contributed by atoms with Crippen LogP contribution in [0.2, 0.25) is 0 Å². The molecule has 0 aliphatic carbocycles. The van der Waals surface area contributed by atoms with Crippen LogP contribution < -0.4 is 4.74 Å². The first-order valence-corrected chi connectivity index (χ1v) is 8.75.